The second-order valence-electron chi connectivity index (χ2n) is 6.82. The SMILES string of the molecule is FC(F)(F)c1cccn2nc(C3CC3)c(Cc3ccc4[nH]ncc4c3)c12. The van der Waals surface area contributed by atoms with Crippen molar-refractivity contribution in [3.05, 3.63) is 65.1 Å². The molecule has 0 unspecified atom stereocenters. The Balaban J connectivity index is 1.70. The molecule has 1 aliphatic carbocycles. The van der Waals surface area contributed by atoms with Crippen LogP contribution in [-0.2, 0) is 12.6 Å². The van der Waals surface area contributed by atoms with Gasteiger partial charge in [0, 0.05) is 29.5 Å². The molecular weight excluding hydrogens is 341 g/mol. The highest BCUT2D eigenvalue weighted by Gasteiger charge is 2.37. The quantitative estimate of drug-likeness (QED) is 0.578. The average molecular weight is 356 g/mol. The molecule has 0 saturated heterocycles. The molecule has 132 valence electrons. The number of fused-ring (bicyclic) bond motifs is 2. The van der Waals surface area contributed by atoms with Gasteiger partial charge in [0.15, 0.2) is 0 Å². The lowest BCUT2D eigenvalue weighted by atomic mass is 9.99. The Morgan fingerprint density at radius 2 is 2.04 bits per heavy atom. The molecule has 1 aromatic carbocycles. The van der Waals surface area contributed by atoms with Crippen LogP contribution in [-0.4, -0.2) is 19.8 Å². The fraction of sp³-hybridized carbons (Fsp3) is 0.263. The summed E-state index contributed by atoms with van der Waals surface area (Å²) in [6.07, 6.45) is 1.30. The third-order valence-electron chi connectivity index (χ3n) is 4.94. The maximum Gasteiger partial charge on any atom is 0.418 e. The minimum Gasteiger partial charge on any atom is -0.278 e. The molecule has 1 saturated carbocycles. The van der Waals surface area contributed by atoms with Crippen LogP contribution in [0.3, 0.4) is 0 Å². The molecule has 26 heavy (non-hydrogen) atoms. The number of pyridine rings is 1. The van der Waals surface area contributed by atoms with Gasteiger partial charge in [0.2, 0.25) is 0 Å². The average Bonchev–Trinajstić information content (AvgIpc) is 3.23. The second kappa shape index (κ2) is 5.33. The smallest absolute Gasteiger partial charge is 0.278 e. The van der Waals surface area contributed by atoms with Crippen molar-refractivity contribution in [2.24, 2.45) is 0 Å². The fourth-order valence-electron chi connectivity index (χ4n) is 3.57. The summed E-state index contributed by atoms with van der Waals surface area (Å²) in [4.78, 5) is 0. The van der Waals surface area contributed by atoms with Gasteiger partial charge >= 0.3 is 6.18 Å². The van der Waals surface area contributed by atoms with Gasteiger partial charge in [0.05, 0.1) is 28.5 Å². The minimum absolute atomic E-state index is 0.175. The summed E-state index contributed by atoms with van der Waals surface area (Å²) < 4.78 is 42.1. The molecule has 3 aromatic heterocycles. The lowest BCUT2D eigenvalue weighted by Gasteiger charge is -2.10. The third-order valence-corrected chi connectivity index (χ3v) is 4.94. The third kappa shape index (κ3) is 2.46. The second-order valence-corrected chi connectivity index (χ2v) is 6.82. The molecule has 1 fully saturated rings. The zero-order valence-corrected chi connectivity index (χ0v) is 13.7. The summed E-state index contributed by atoms with van der Waals surface area (Å²) in [7, 11) is 0. The maximum absolute atomic E-state index is 13.6. The van der Waals surface area contributed by atoms with Crippen LogP contribution >= 0.6 is 0 Å². The van der Waals surface area contributed by atoms with E-state index in [-0.39, 0.29) is 11.4 Å². The van der Waals surface area contributed by atoms with Crippen LogP contribution in [0.4, 0.5) is 13.2 Å². The number of aromatic amines is 1. The summed E-state index contributed by atoms with van der Waals surface area (Å²) in [6, 6.07) is 8.34. The van der Waals surface area contributed by atoms with Crippen molar-refractivity contribution < 1.29 is 13.2 Å². The van der Waals surface area contributed by atoms with E-state index in [0.29, 0.717) is 12.0 Å². The highest BCUT2D eigenvalue weighted by molar-refractivity contribution is 5.79. The largest absolute Gasteiger partial charge is 0.418 e. The van der Waals surface area contributed by atoms with Crippen LogP contribution in [0.5, 0.6) is 0 Å². The monoisotopic (exact) mass is 356 g/mol. The minimum atomic E-state index is -4.41. The molecule has 1 N–H and O–H groups in total. The van der Waals surface area contributed by atoms with Crippen LogP contribution < -0.4 is 0 Å². The number of rotatable bonds is 3. The molecule has 0 atom stereocenters. The molecule has 1 aliphatic rings. The summed E-state index contributed by atoms with van der Waals surface area (Å²) >= 11 is 0. The van der Waals surface area contributed by atoms with Crippen LogP contribution in [0.2, 0.25) is 0 Å². The Labute approximate surface area is 146 Å². The van der Waals surface area contributed by atoms with Crippen molar-refractivity contribution in [3.63, 3.8) is 0 Å². The number of halogens is 3. The zero-order valence-electron chi connectivity index (χ0n) is 13.7. The first-order valence-electron chi connectivity index (χ1n) is 8.50. The molecular formula is C19H15F3N4. The van der Waals surface area contributed by atoms with Crippen LogP contribution in [0.25, 0.3) is 16.4 Å². The van der Waals surface area contributed by atoms with E-state index in [1.807, 2.05) is 18.2 Å². The van der Waals surface area contributed by atoms with E-state index >= 15 is 0 Å². The number of alkyl halides is 3. The lowest BCUT2D eigenvalue weighted by molar-refractivity contribution is -0.136. The molecule has 0 amide bonds. The first-order chi connectivity index (χ1) is 12.5. The van der Waals surface area contributed by atoms with Gasteiger partial charge in [-0.3, -0.25) is 5.10 Å². The first-order valence-corrected chi connectivity index (χ1v) is 8.50. The number of nitrogens with zero attached hydrogens (tertiary/aromatic N) is 3. The van der Waals surface area contributed by atoms with Gasteiger partial charge < -0.3 is 0 Å². The molecule has 4 aromatic rings. The summed E-state index contributed by atoms with van der Waals surface area (Å²) in [5.41, 5.74) is 2.89. The van der Waals surface area contributed by atoms with Crippen molar-refractivity contribution in [3.8, 4) is 0 Å². The number of hydrogen-bond acceptors (Lipinski definition) is 2. The molecule has 3 heterocycles. The van der Waals surface area contributed by atoms with Crippen LogP contribution in [0, 0.1) is 0 Å². The number of benzene rings is 1. The topological polar surface area (TPSA) is 46.0 Å². The van der Waals surface area contributed by atoms with Crippen molar-refractivity contribution in [1.82, 2.24) is 19.8 Å². The number of H-pyrrole nitrogens is 1. The lowest BCUT2D eigenvalue weighted by Crippen LogP contribution is -2.08. The van der Waals surface area contributed by atoms with Gasteiger partial charge in [-0.15, -0.1) is 0 Å². The van der Waals surface area contributed by atoms with Gasteiger partial charge in [-0.25, -0.2) is 4.52 Å². The molecule has 0 radical (unpaired) electrons. The predicted molar refractivity (Wildman–Crippen MR) is 91.1 cm³/mol. The van der Waals surface area contributed by atoms with Gasteiger partial charge in [-0.2, -0.15) is 23.4 Å². The van der Waals surface area contributed by atoms with Gasteiger partial charge in [0.1, 0.15) is 0 Å². The summed E-state index contributed by atoms with van der Waals surface area (Å²) in [5.74, 6) is 0.267. The standard InChI is InChI=1S/C19H15F3N4/c20-19(21,22)15-2-1-7-26-18(15)14(17(25-26)12-4-5-12)9-11-3-6-16-13(8-11)10-23-24-16/h1-3,6-8,10,12H,4-5,9H2,(H,23,24). The van der Waals surface area contributed by atoms with Crippen LogP contribution in [0.1, 0.15) is 41.1 Å². The maximum atomic E-state index is 13.6. The summed E-state index contributed by atoms with van der Waals surface area (Å²) in [5, 5.41) is 12.3. The van der Waals surface area contributed by atoms with Crippen molar-refractivity contribution in [1.29, 1.82) is 0 Å². The normalized spacial score (nSPS) is 15.2. The van der Waals surface area contributed by atoms with Gasteiger partial charge in [-0.05, 0) is 42.7 Å². The Morgan fingerprint density at radius 3 is 2.81 bits per heavy atom. The molecule has 0 spiro atoms. The Morgan fingerprint density at radius 1 is 1.19 bits per heavy atom. The van der Waals surface area contributed by atoms with Crippen molar-refractivity contribution >= 4 is 16.4 Å². The highest BCUT2D eigenvalue weighted by Crippen LogP contribution is 2.44. The Hall–Kier alpha value is -2.83. The fourth-order valence-corrected chi connectivity index (χ4v) is 3.57. The van der Waals surface area contributed by atoms with E-state index < -0.39 is 11.7 Å². The zero-order chi connectivity index (χ0) is 17.9. The van der Waals surface area contributed by atoms with E-state index in [9.17, 15) is 13.2 Å². The molecule has 5 rings (SSSR count). The summed E-state index contributed by atoms with van der Waals surface area (Å²) in [6.45, 7) is 0. The Kier molecular flexibility index (Phi) is 3.16. The molecule has 4 nitrogen and oxygen atoms in total. The first kappa shape index (κ1) is 15.4. The highest BCUT2D eigenvalue weighted by atomic mass is 19.4. The van der Waals surface area contributed by atoms with Crippen molar-refractivity contribution in [2.45, 2.75) is 31.4 Å². The van der Waals surface area contributed by atoms with E-state index in [2.05, 4.69) is 15.3 Å². The van der Waals surface area contributed by atoms with E-state index in [4.69, 9.17) is 0 Å². The number of hydrogen-bond donors (Lipinski definition) is 1. The number of nitrogens with one attached hydrogen (secondary N) is 1. The van der Waals surface area contributed by atoms with Crippen molar-refractivity contribution in [2.75, 3.05) is 0 Å². The molecule has 0 aliphatic heterocycles. The molecule has 7 heteroatoms. The molecule has 0 bridgehead atoms. The van der Waals surface area contributed by atoms with E-state index in [0.717, 1.165) is 41.1 Å². The van der Waals surface area contributed by atoms with Crippen LogP contribution in [0.15, 0.2) is 42.7 Å². The van der Waals surface area contributed by atoms with E-state index in [1.54, 1.807) is 12.4 Å². The van der Waals surface area contributed by atoms with Gasteiger partial charge in [0.25, 0.3) is 0 Å². The number of aromatic nitrogens is 4. The van der Waals surface area contributed by atoms with E-state index in [1.165, 1.54) is 10.6 Å². The Bertz CT molecular complexity index is 1120. The predicted octanol–water partition coefficient (Wildman–Crippen LogP) is 4.70. The van der Waals surface area contributed by atoms with Gasteiger partial charge in [-0.1, -0.05) is 6.07 Å².